The predicted octanol–water partition coefficient (Wildman–Crippen LogP) is 2.13. The van der Waals surface area contributed by atoms with Gasteiger partial charge in [-0.1, -0.05) is 22.6 Å². The fraction of sp³-hybridized carbons (Fsp3) is 1.00. The van der Waals surface area contributed by atoms with Crippen LogP contribution in [0.1, 0.15) is 20.3 Å². The van der Waals surface area contributed by atoms with E-state index in [1.54, 1.807) is 0 Å². The van der Waals surface area contributed by atoms with Gasteiger partial charge in [-0.3, -0.25) is 4.90 Å². The molecule has 0 amide bonds. The molecular formula is C8H18INO. The van der Waals surface area contributed by atoms with Crippen LogP contribution < -0.4 is 0 Å². The molecular weight excluding hydrogens is 253 g/mol. The van der Waals surface area contributed by atoms with Gasteiger partial charge in [0.15, 0.2) is 0 Å². The molecule has 0 aromatic carbocycles. The molecule has 0 saturated heterocycles. The normalized spacial score (nSPS) is 11.5. The summed E-state index contributed by atoms with van der Waals surface area (Å²) in [6.07, 6.45) is 1.51. The topological polar surface area (TPSA) is 12.5 Å². The fourth-order valence-corrected chi connectivity index (χ4v) is 1.05. The van der Waals surface area contributed by atoms with Crippen molar-refractivity contribution in [3.63, 3.8) is 0 Å². The van der Waals surface area contributed by atoms with Crippen molar-refractivity contribution in [3.8, 4) is 0 Å². The van der Waals surface area contributed by atoms with Gasteiger partial charge in [0.25, 0.3) is 0 Å². The van der Waals surface area contributed by atoms with E-state index in [0.717, 1.165) is 24.1 Å². The van der Waals surface area contributed by atoms with E-state index in [4.69, 9.17) is 4.74 Å². The largest absolute Gasteiger partial charge is 0.379 e. The first-order valence-corrected chi connectivity index (χ1v) is 5.55. The molecule has 0 saturated carbocycles. The first-order valence-electron chi connectivity index (χ1n) is 4.03. The molecule has 0 aromatic heterocycles. The molecule has 0 fully saturated rings. The number of alkyl halides is 1. The minimum atomic E-state index is 0.375. The molecule has 0 aromatic rings. The van der Waals surface area contributed by atoms with E-state index in [1.165, 1.54) is 0 Å². The quantitative estimate of drug-likeness (QED) is 0.317. The summed E-state index contributed by atoms with van der Waals surface area (Å²) in [7, 11) is 2.13. The molecule has 0 rings (SSSR count). The van der Waals surface area contributed by atoms with Gasteiger partial charge in [0.2, 0.25) is 0 Å². The summed E-state index contributed by atoms with van der Waals surface area (Å²) < 4.78 is 6.50. The summed E-state index contributed by atoms with van der Waals surface area (Å²) in [6, 6.07) is 0. The van der Waals surface area contributed by atoms with Gasteiger partial charge in [0.1, 0.15) is 0 Å². The van der Waals surface area contributed by atoms with Crippen molar-refractivity contribution in [2.24, 2.45) is 0 Å². The van der Waals surface area contributed by atoms with Crippen LogP contribution in [0, 0.1) is 0 Å². The molecule has 0 spiro atoms. The molecule has 0 radical (unpaired) electrons. The predicted molar refractivity (Wildman–Crippen MR) is 57.2 cm³/mol. The third kappa shape index (κ3) is 8.56. The average Bonchev–Trinajstić information content (AvgIpc) is 1.97. The van der Waals surface area contributed by atoms with Gasteiger partial charge < -0.3 is 4.74 Å². The monoisotopic (exact) mass is 271 g/mol. The summed E-state index contributed by atoms with van der Waals surface area (Å²) >= 11 is 2.36. The van der Waals surface area contributed by atoms with Crippen LogP contribution in [0.15, 0.2) is 0 Å². The highest BCUT2D eigenvalue weighted by Crippen LogP contribution is 1.94. The van der Waals surface area contributed by atoms with Crippen molar-refractivity contribution >= 4 is 22.6 Å². The summed E-state index contributed by atoms with van der Waals surface area (Å²) in [4.78, 5) is 2.28. The summed E-state index contributed by atoms with van der Waals surface area (Å²) in [6.45, 7) is 6.17. The van der Waals surface area contributed by atoms with Gasteiger partial charge in [0, 0.05) is 13.2 Å². The fourth-order valence-electron chi connectivity index (χ4n) is 0.713. The van der Waals surface area contributed by atoms with Crippen LogP contribution in [0.2, 0.25) is 0 Å². The minimum Gasteiger partial charge on any atom is -0.379 e. The molecule has 0 aliphatic carbocycles. The lowest BCUT2D eigenvalue weighted by Crippen LogP contribution is -2.19. The Morgan fingerprint density at radius 3 is 2.55 bits per heavy atom. The zero-order valence-corrected chi connectivity index (χ0v) is 9.80. The van der Waals surface area contributed by atoms with E-state index >= 15 is 0 Å². The molecule has 0 unspecified atom stereocenters. The van der Waals surface area contributed by atoms with Crippen molar-refractivity contribution in [1.29, 1.82) is 0 Å². The van der Waals surface area contributed by atoms with Crippen LogP contribution in [-0.4, -0.2) is 35.8 Å². The Morgan fingerprint density at radius 2 is 2.09 bits per heavy atom. The van der Waals surface area contributed by atoms with Crippen LogP contribution in [0.5, 0.6) is 0 Å². The Bertz CT molecular complexity index is 88.2. The van der Waals surface area contributed by atoms with E-state index < -0.39 is 0 Å². The average molecular weight is 271 g/mol. The van der Waals surface area contributed by atoms with Crippen molar-refractivity contribution < 1.29 is 4.74 Å². The Balaban J connectivity index is 3.01. The van der Waals surface area contributed by atoms with Gasteiger partial charge in [0.05, 0.1) is 10.7 Å². The van der Waals surface area contributed by atoms with E-state index in [9.17, 15) is 0 Å². The van der Waals surface area contributed by atoms with Gasteiger partial charge in [-0.25, -0.2) is 0 Å². The third-order valence-electron chi connectivity index (χ3n) is 1.34. The zero-order chi connectivity index (χ0) is 8.69. The number of nitrogens with zero attached hydrogens (tertiary/aromatic N) is 1. The van der Waals surface area contributed by atoms with Crippen molar-refractivity contribution in [2.45, 2.75) is 26.4 Å². The second-order valence-electron chi connectivity index (χ2n) is 2.97. The molecule has 0 aliphatic rings. The van der Waals surface area contributed by atoms with Gasteiger partial charge >= 0.3 is 0 Å². The Kier molecular flexibility index (Phi) is 7.74. The van der Waals surface area contributed by atoms with Crippen LogP contribution in [-0.2, 0) is 4.74 Å². The summed E-state index contributed by atoms with van der Waals surface area (Å²) in [5, 5.41) is 0. The maximum absolute atomic E-state index is 5.41. The molecule has 0 heterocycles. The minimum absolute atomic E-state index is 0.375. The highest BCUT2D eigenvalue weighted by atomic mass is 127. The highest BCUT2D eigenvalue weighted by molar-refractivity contribution is 14.1. The Morgan fingerprint density at radius 1 is 1.45 bits per heavy atom. The lowest BCUT2D eigenvalue weighted by Gasteiger charge is -2.13. The maximum Gasteiger partial charge on any atom is 0.0518 e. The molecule has 0 bridgehead atoms. The van der Waals surface area contributed by atoms with E-state index in [-0.39, 0.29) is 0 Å². The first-order chi connectivity index (χ1) is 5.16. The molecule has 0 aliphatic heterocycles. The van der Waals surface area contributed by atoms with Gasteiger partial charge in [-0.15, -0.1) is 0 Å². The Hall–Kier alpha value is 0.650. The molecule has 11 heavy (non-hydrogen) atoms. The van der Waals surface area contributed by atoms with Crippen molar-refractivity contribution in [2.75, 3.05) is 24.8 Å². The van der Waals surface area contributed by atoms with Crippen LogP contribution >= 0.6 is 22.6 Å². The van der Waals surface area contributed by atoms with E-state index in [0.29, 0.717) is 6.10 Å². The van der Waals surface area contributed by atoms with Crippen LogP contribution in [0.3, 0.4) is 0 Å². The number of ether oxygens (including phenoxy) is 1. The van der Waals surface area contributed by atoms with Crippen molar-refractivity contribution in [3.05, 3.63) is 0 Å². The van der Waals surface area contributed by atoms with Crippen molar-refractivity contribution in [1.82, 2.24) is 4.90 Å². The second kappa shape index (κ2) is 7.31. The van der Waals surface area contributed by atoms with Crippen LogP contribution in [0.4, 0.5) is 0 Å². The third-order valence-corrected chi connectivity index (χ3v) is 2.50. The van der Waals surface area contributed by atoms with Gasteiger partial charge in [-0.2, -0.15) is 0 Å². The SMILES string of the molecule is CC(C)OCCCN(C)CI. The van der Waals surface area contributed by atoms with Crippen LogP contribution in [0.25, 0.3) is 0 Å². The molecule has 3 heteroatoms. The maximum atomic E-state index is 5.41. The second-order valence-corrected chi connectivity index (χ2v) is 3.65. The molecule has 0 N–H and O–H groups in total. The molecule has 0 atom stereocenters. The van der Waals surface area contributed by atoms with E-state index in [2.05, 4.69) is 48.4 Å². The van der Waals surface area contributed by atoms with Gasteiger partial charge in [-0.05, 0) is 27.3 Å². The number of hydrogen-bond donors (Lipinski definition) is 0. The number of rotatable bonds is 6. The Labute approximate surface area is 83.4 Å². The smallest absolute Gasteiger partial charge is 0.0518 e. The molecule has 2 nitrogen and oxygen atoms in total. The summed E-state index contributed by atoms with van der Waals surface area (Å²) in [5.41, 5.74) is 0. The first kappa shape index (κ1) is 11.6. The summed E-state index contributed by atoms with van der Waals surface area (Å²) in [5.74, 6) is 0. The lowest BCUT2D eigenvalue weighted by atomic mass is 10.4. The number of hydrogen-bond acceptors (Lipinski definition) is 2. The number of halogens is 1. The van der Waals surface area contributed by atoms with E-state index in [1.807, 2.05) is 0 Å². The standard InChI is InChI=1S/C8H18INO/c1-8(2)11-6-4-5-10(3)7-9/h8H,4-7H2,1-3H3. The lowest BCUT2D eigenvalue weighted by molar-refractivity contribution is 0.0732. The highest BCUT2D eigenvalue weighted by Gasteiger charge is 1.96. The molecule has 68 valence electrons. The zero-order valence-electron chi connectivity index (χ0n) is 7.64.